The van der Waals surface area contributed by atoms with Gasteiger partial charge >= 0.3 is 11.9 Å². The lowest BCUT2D eigenvalue weighted by molar-refractivity contribution is -0.146. The first-order chi connectivity index (χ1) is 13.6. The standard InChI is InChI=1S/C20H24N2O4S2/c21-17(19(23)25-11-15-7-3-1-4-8-15)13-27-28-14-18(22)20(24)26-12-16-9-5-2-6-10-16/h1-10,17-18H,11-14,21-22H2/t17-,18-/m0/s1. The highest BCUT2D eigenvalue weighted by molar-refractivity contribution is 8.76. The van der Waals surface area contributed by atoms with E-state index in [0.717, 1.165) is 11.1 Å². The van der Waals surface area contributed by atoms with Crippen LogP contribution < -0.4 is 11.5 Å². The van der Waals surface area contributed by atoms with Crippen LogP contribution in [0.4, 0.5) is 0 Å². The van der Waals surface area contributed by atoms with Crippen molar-refractivity contribution in [2.24, 2.45) is 11.5 Å². The summed E-state index contributed by atoms with van der Waals surface area (Å²) < 4.78 is 10.4. The Morgan fingerprint density at radius 2 is 1.07 bits per heavy atom. The zero-order chi connectivity index (χ0) is 20.2. The fraction of sp³-hybridized carbons (Fsp3) is 0.300. The predicted octanol–water partition coefficient (Wildman–Crippen LogP) is 2.51. The summed E-state index contributed by atoms with van der Waals surface area (Å²) in [5.74, 6) is -0.180. The summed E-state index contributed by atoms with van der Waals surface area (Å²) in [6.07, 6.45) is 0. The van der Waals surface area contributed by atoms with Crippen LogP contribution in [-0.2, 0) is 32.3 Å². The summed E-state index contributed by atoms with van der Waals surface area (Å²) >= 11 is 0. The molecular weight excluding hydrogens is 396 g/mol. The third-order valence-corrected chi connectivity index (χ3v) is 6.11. The molecule has 8 heteroatoms. The topological polar surface area (TPSA) is 105 Å². The molecule has 0 aliphatic carbocycles. The molecule has 150 valence electrons. The van der Waals surface area contributed by atoms with Crippen molar-refractivity contribution in [3.05, 3.63) is 71.8 Å². The maximum absolute atomic E-state index is 11.9. The molecule has 0 aromatic heterocycles. The molecule has 6 nitrogen and oxygen atoms in total. The molecule has 2 aromatic rings. The summed E-state index contributed by atoms with van der Waals surface area (Å²) in [6.45, 7) is 0.395. The van der Waals surface area contributed by atoms with Crippen LogP contribution in [0.5, 0.6) is 0 Å². The third-order valence-electron chi connectivity index (χ3n) is 3.63. The lowest BCUT2D eigenvalue weighted by Crippen LogP contribution is -2.35. The number of ether oxygens (including phenoxy) is 2. The van der Waals surface area contributed by atoms with E-state index in [1.807, 2.05) is 60.7 Å². The molecule has 0 saturated carbocycles. The largest absolute Gasteiger partial charge is 0.460 e. The maximum atomic E-state index is 11.9. The van der Waals surface area contributed by atoms with E-state index in [0.29, 0.717) is 11.5 Å². The van der Waals surface area contributed by atoms with Crippen molar-refractivity contribution in [3.8, 4) is 0 Å². The summed E-state index contributed by atoms with van der Waals surface area (Å²) in [4.78, 5) is 23.8. The minimum absolute atomic E-state index is 0.198. The van der Waals surface area contributed by atoms with Gasteiger partial charge in [0.2, 0.25) is 0 Å². The smallest absolute Gasteiger partial charge is 0.324 e. The van der Waals surface area contributed by atoms with Crippen molar-refractivity contribution in [1.82, 2.24) is 0 Å². The molecule has 0 aliphatic heterocycles. The van der Waals surface area contributed by atoms with Gasteiger partial charge < -0.3 is 20.9 Å². The molecule has 0 amide bonds. The normalized spacial score (nSPS) is 12.8. The Balaban J connectivity index is 1.57. The molecule has 0 fully saturated rings. The second-order valence-electron chi connectivity index (χ2n) is 5.97. The molecule has 2 atom stereocenters. The predicted molar refractivity (Wildman–Crippen MR) is 113 cm³/mol. The average molecular weight is 421 g/mol. The molecule has 0 aliphatic rings. The number of nitrogens with two attached hydrogens (primary N) is 2. The number of benzene rings is 2. The second kappa shape index (κ2) is 12.5. The van der Waals surface area contributed by atoms with Crippen molar-refractivity contribution in [2.45, 2.75) is 25.3 Å². The van der Waals surface area contributed by atoms with Crippen LogP contribution in [0, 0.1) is 0 Å². The molecule has 0 bridgehead atoms. The Morgan fingerprint density at radius 3 is 1.43 bits per heavy atom. The Labute approximate surface area is 172 Å². The van der Waals surface area contributed by atoms with Gasteiger partial charge in [-0.25, -0.2) is 0 Å². The number of hydrogen-bond donors (Lipinski definition) is 2. The summed E-state index contributed by atoms with van der Waals surface area (Å²) in [6, 6.07) is 17.3. The van der Waals surface area contributed by atoms with E-state index in [2.05, 4.69) is 0 Å². The molecule has 0 radical (unpaired) electrons. The molecule has 28 heavy (non-hydrogen) atoms. The van der Waals surface area contributed by atoms with Crippen LogP contribution in [0.1, 0.15) is 11.1 Å². The molecule has 0 spiro atoms. The highest BCUT2D eigenvalue weighted by Gasteiger charge is 2.18. The maximum Gasteiger partial charge on any atom is 0.324 e. The van der Waals surface area contributed by atoms with E-state index < -0.39 is 24.0 Å². The van der Waals surface area contributed by atoms with Gasteiger partial charge in [0.05, 0.1) is 0 Å². The fourth-order valence-electron chi connectivity index (χ4n) is 2.05. The van der Waals surface area contributed by atoms with Crippen LogP contribution in [0.15, 0.2) is 60.7 Å². The van der Waals surface area contributed by atoms with E-state index in [-0.39, 0.29) is 13.2 Å². The summed E-state index contributed by atoms with van der Waals surface area (Å²) in [5.41, 5.74) is 13.5. The van der Waals surface area contributed by atoms with Crippen molar-refractivity contribution in [1.29, 1.82) is 0 Å². The van der Waals surface area contributed by atoms with Crippen LogP contribution >= 0.6 is 21.6 Å². The lowest BCUT2D eigenvalue weighted by atomic mass is 10.2. The fourth-order valence-corrected chi connectivity index (χ4v) is 4.27. The van der Waals surface area contributed by atoms with Crippen LogP contribution in [0.3, 0.4) is 0 Å². The minimum atomic E-state index is -0.734. The van der Waals surface area contributed by atoms with E-state index in [4.69, 9.17) is 20.9 Å². The van der Waals surface area contributed by atoms with Gasteiger partial charge in [-0.3, -0.25) is 9.59 Å². The van der Waals surface area contributed by atoms with Crippen molar-refractivity contribution in [2.75, 3.05) is 11.5 Å². The van der Waals surface area contributed by atoms with Crippen molar-refractivity contribution >= 4 is 33.5 Å². The number of rotatable bonds is 11. The zero-order valence-electron chi connectivity index (χ0n) is 15.4. The Kier molecular flexibility index (Phi) is 9.92. The monoisotopic (exact) mass is 420 g/mol. The minimum Gasteiger partial charge on any atom is -0.460 e. The average Bonchev–Trinajstić information content (AvgIpc) is 2.74. The van der Waals surface area contributed by atoms with Gasteiger partial charge in [-0.15, -0.1) is 0 Å². The van der Waals surface area contributed by atoms with Crippen LogP contribution in [-0.4, -0.2) is 35.5 Å². The number of hydrogen-bond acceptors (Lipinski definition) is 8. The van der Waals surface area contributed by atoms with Crippen LogP contribution in [0.2, 0.25) is 0 Å². The van der Waals surface area contributed by atoms with Gasteiger partial charge in [0, 0.05) is 11.5 Å². The third kappa shape index (κ3) is 8.35. The van der Waals surface area contributed by atoms with Gasteiger partial charge in [-0.1, -0.05) is 82.3 Å². The SMILES string of the molecule is N[C@@H](CSSC[C@H](N)C(=O)OCc1ccccc1)C(=O)OCc1ccccc1. The molecule has 0 unspecified atom stereocenters. The molecule has 0 saturated heterocycles. The van der Waals surface area contributed by atoms with E-state index in [1.165, 1.54) is 21.6 Å². The van der Waals surface area contributed by atoms with E-state index in [1.54, 1.807) is 0 Å². The van der Waals surface area contributed by atoms with Crippen molar-refractivity contribution < 1.29 is 19.1 Å². The molecule has 2 aromatic carbocycles. The summed E-state index contributed by atoms with van der Waals surface area (Å²) in [7, 11) is 2.75. The van der Waals surface area contributed by atoms with Gasteiger partial charge in [-0.2, -0.15) is 0 Å². The molecular formula is C20H24N2O4S2. The molecule has 4 N–H and O–H groups in total. The van der Waals surface area contributed by atoms with E-state index >= 15 is 0 Å². The molecule has 2 rings (SSSR count). The highest BCUT2D eigenvalue weighted by atomic mass is 33.1. The first-order valence-electron chi connectivity index (χ1n) is 8.73. The van der Waals surface area contributed by atoms with E-state index in [9.17, 15) is 9.59 Å². The van der Waals surface area contributed by atoms with Gasteiger partial charge in [-0.05, 0) is 11.1 Å². The van der Waals surface area contributed by atoms with Gasteiger partial charge in [0.1, 0.15) is 25.3 Å². The van der Waals surface area contributed by atoms with Crippen molar-refractivity contribution in [3.63, 3.8) is 0 Å². The Hall–Kier alpha value is -2.00. The van der Waals surface area contributed by atoms with Gasteiger partial charge in [0.25, 0.3) is 0 Å². The van der Waals surface area contributed by atoms with Crippen LogP contribution in [0.25, 0.3) is 0 Å². The Morgan fingerprint density at radius 1 is 0.714 bits per heavy atom. The second-order valence-corrected chi connectivity index (χ2v) is 8.52. The number of carbonyl (C=O) groups excluding carboxylic acids is 2. The Bertz CT molecular complexity index is 668. The number of carbonyl (C=O) groups is 2. The molecule has 0 heterocycles. The van der Waals surface area contributed by atoms with Gasteiger partial charge in [0.15, 0.2) is 0 Å². The first-order valence-corrected chi connectivity index (χ1v) is 11.2. The zero-order valence-corrected chi connectivity index (χ0v) is 17.0. The first kappa shape index (κ1) is 22.3. The number of esters is 2. The quantitative estimate of drug-likeness (QED) is 0.325. The lowest BCUT2D eigenvalue weighted by Gasteiger charge is -2.13. The summed E-state index contributed by atoms with van der Waals surface area (Å²) in [5, 5.41) is 0. The highest BCUT2D eigenvalue weighted by Crippen LogP contribution is 2.22.